The van der Waals surface area contributed by atoms with Crippen LogP contribution in [-0.4, -0.2) is 47.9 Å². The van der Waals surface area contributed by atoms with Crippen molar-refractivity contribution in [3.8, 4) is 11.1 Å². The second-order valence-corrected chi connectivity index (χ2v) is 9.24. The van der Waals surface area contributed by atoms with Crippen LogP contribution in [0.15, 0.2) is 47.5 Å². The van der Waals surface area contributed by atoms with Crippen LogP contribution < -0.4 is 5.73 Å². The largest absolute Gasteiger partial charge is 0.336 e. The summed E-state index contributed by atoms with van der Waals surface area (Å²) in [4.78, 5) is 8.57. The molecule has 0 aliphatic rings. The molecule has 0 aromatic carbocycles. The van der Waals surface area contributed by atoms with Crippen LogP contribution in [0.4, 0.5) is 4.39 Å². The minimum Gasteiger partial charge on any atom is -0.336 e. The van der Waals surface area contributed by atoms with Crippen LogP contribution in [0.5, 0.6) is 0 Å². The highest BCUT2D eigenvalue weighted by atomic mass is 35.5. The van der Waals surface area contributed by atoms with E-state index >= 15 is 0 Å². The normalized spacial score (nSPS) is 12.9. The van der Waals surface area contributed by atoms with Gasteiger partial charge in [0.25, 0.3) is 0 Å². The van der Waals surface area contributed by atoms with E-state index in [0.29, 0.717) is 32.9 Å². The van der Waals surface area contributed by atoms with Crippen molar-refractivity contribution in [2.24, 2.45) is 5.73 Å². The summed E-state index contributed by atoms with van der Waals surface area (Å²) in [5.74, 6) is -0.388. The molecule has 3 rings (SSSR count). The second kappa shape index (κ2) is 8.19. The van der Waals surface area contributed by atoms with E-state index in [-0.39, 0.29) is 23.8 Å². The monoisotopic (exact) mass is 437 g/mol. The summed E-state index contributed by atoms with van der Waals surface area (Å²) in [6.07, 6.45) is 5.65. The van der Waals surface area contributed by atoms with Crippen molar-refractivity contribution in [2.45, 2.75) is 18.4 Å². The fourth-order valence-corrected chi connectivity index (χ4v) is 4.16. The second-order valence-electron chi connectivity index (χ2n) is 6.65. The summed E-state index contributed by atoms with van der Waals surface area (Å²) in [6.45, 7) is 1.86. The van der Waals surface area contributed by atoms with Gasteiger partial charge in [-0.3, -0.25) is 9.97 Å². The Morgan fingerprint density at radius 2 is 2.03 bits per heavy atom. The maximum Gasteiger partial charge on any atom is 0.244 e. The third-order valence-electron chi connectivity index (χ3n) is 4.56. The fourth-order valence-electron chi connectivity index (χ4n) is 3.11. The van der Waals surface area contributed by atoms with Gasteiger partial charge < -0.3 is 10.3 Å². The molecule has 0 aliphatic carbocycles. The number of nitrogens with two attached hydrogens (primary N) is 1. The Hall–Kier alpha value is -2.33. The lowest BCUT2D eigenvalue weighted by molar-refractivity contribution is 0.520. The van der Waals surface area contributed by atoms with Crippen LogP contribution in [0, 0.1) is 6.92 Å². The van der Waals surface area contributed by atoms with Gasteiger partial charge in [0.15, 0.2) is 0 Å². The van der Waals surface area contributed by atoms with E-state index in [9.17, 15) is 12.8 Å². The van der Waals surface area contributed by atoms with Crippen LogP contribution in [-0.2, 0) is 16.6 Å². The zero-order valence-corrected chi connectivity index (χ0v) is 17.8. The summed E-state index contributed by atoms with van der Waals surface area (Å²) in [5.41, 5.74) is 8.55. The van der Waals surface area contributed by atoms with E-state index in [1.54, 1.807) is 16.8 Å². The van der Waals surface area contributed by atoms with Crippen LogP contribution >= 0.6 is 11.6 Å². The average molecular weight is 438 g/mol. The van der Waals surface area contributed by atoms with Crippen molar-refractivity contribution in [1.82, 2.24) is 18.8 Å². The Bertz CT molecular complexity index is 1200. The first-order valence-corrected chi connectivity index (χ1v) is 10.6. The van der Waals surface area contributed by atoms with Crippen molar-refractivity contribution in [1.29, 1.82) is 0 Å². The standard InChI is InChI=1S/C19H21ClFN5O2S/c1-12-18(13-6-16(10-23-8-13)29(27,28)25(2)3)19-17(7-14(20)9-24-19)26(12)11-15(21)4-5-22/h4,6-10H,5,11,22H2,1-3H3. The first-order valence-electron chi connectivity index (χ1n) is 8.73. The number of sulfonamides is 1. The summed E-state index contributed by atoms with van der Waals surface area (Å²) >= 11 is 6.11. The number of allylic oxidation sites excluding steroid dienone is 1. The molecule has 0 saturated carbocycles. The zero-order valence-electron chi connectivity index (χ0n) is 16.2. The lowest BCUT2D eigenvalue weighted by atomic mass is 10.1. The van der Waals surface area contributed by atoms with Gasteiger partial charge in [-0.1, -0.05) is 11.6 Å². The fraction of sp³-hybridized carbons (Fsp3) is 0.263. The topological polar surface area (TPSA) is 94.1 Å². The summed E-state index contributed by atoms with van der Waals surface area (Å²) in [5, 5.41) is 0.410. The average Bonchev–Trinajstić information content (AvgIpc) is 2.93. The molecular weight excluding hydrogens is 417 g/mol. The van der Waals surface area contributed by atoms with Gasteiger partial charge in [0.1, 0.15) is 10.7 Å². The SMILES string of the molecule is Cc1c(-c2cncc(S(=O)(=O)N(C)C)c2)c2ncc(Cl)cc2n1CC(F)=CCN. The highest BCUT2D eigenvalue weighted by Crippen LogP contribution is 2.35. The highest BCUT2D eigenvalue weighted by molar-refractivity contribution is 7.89. The van der Waals surface area contributed by atoms with Crippen molar-refractivity contribution in [3.63, 3.8) is 0 Å². The number of nitrogens with zero attached hydrogens (tertiary/aromatic N) is 4. The molecular formula is C19H21ClFN5O2S. The van der Waals surface area contributed by atoms with Crippen LogP contribution in [0.2, 0.25) is 5.02 Å². The molecule has 0 spiro atoms. The molecule has 0 amide bonds. The van der Waals surface area contributed by atoms with Gasteiger partial charge in [-0.25, -0.2) is 17.1 Å². The first-order chi connectivity index (χ1) is 13.7. The maximum absolute atomic E-state index is 14.2. The van der Waals surface area contributed by atoms with E-state index in [4.69, 9.17) is 17.3 Å². The molecule has 0 bridgehead atoms. The molecule has 10 heteroatoms. The van der Waals surface area contributed by atoms with Crippen molar-refractivity contribution in [3.05, 3.63) is 53.3 Å². The number of rotatable bonds is 6. The molecule has 0 unspecified atom stereocenters. The number of hydrogen-bond donors (Lipinski definition) is 1. The number of halogens is 2. The Balaban J connectivity index is 2.26. The molecule has 2 N–H and O–H groups in total. The lowest BCUT2D eigenvalue weighted by Crippen LogP contribution is -2.22. The minimum absolute atomic E-state index is 0.0370. The molecule has 3 heterocycles. The third-order valence-corrected chi connectivity index (χ3v) is 6.54. The number of aromatic nitrogens is 3. The highest BCUT2D eigenvalue weighted by Gasteiger charge is 2.22. The van der Waals surface area contributed by atoms with Gasteiger partial charge in [-0.2, -0.15) is 0 Å². The first kappa shape index (κ1) is 21.4. The van der Waals surface area contributed by atoms with Gasteiger partial charge >= 0.3 is 0 Å². The molecule has 29 heavy (non-hydrogen) atoms. The maximum atomic E-state index is 14.2. The number of fused-ring (bicyclic) bond motifs is 1. The summed E-state index contributed by atoms with van der Waals surface area (Å²) < 4.78 is 42.1. The van der Waals surface area contributed by atoms with Gasteiger partial charge in [-0.05, 0) is 25.1 Å². The van der Waals surface area contributed by atoms with E-state index in [1.807, 2.05) is 6.92 Å². The smallest absolute Gasteiger partial charge is 0.244 e. The van der Waals surface area contributed by atoms with E-state index < -0.39 is 10.0 Å². The van der Waals surface area contributed by atoms with Crippen molar-refractivity contribution in [2.75, 3.05) is 20.6 Å². The van der Waals surface area contributed by atoms with E-state index in [2.05, 4.69) is 9.97 Å². The Morgan fingerprint density at radius 1 is 1.31 bits per heavy atom. The minimum atomic E-state index is -3.66. The van der Waals surface area contributed by atoms with Crippen LogP contribution in [0.3, 0.4) is 0 Å². The Kier molecular flexibility index (Phi) is 6.04. The van der Waals surface area contributed by atoms with Gasteiger partial charge in [-0.15, -0.1) is 0 Å². The zero-order chi connectivity index (χ0) is 21.3. The van der Waals surface area contributed by atoms with Crippen LogP contribution in [0.25, 0.3) is 22.2 Å². The molecule has 7 nitrogen and oxygen atoms in total. The molecule has 0 radical (unpaired) electrons. The quantitative estimate of drug-likeness (QED) is 0.639. The van der Waals surface area contributed by atoms with Crippen molar-refractivity contribution < 1.29 is 12.8 Å². The molecule has 3 aromatic rings. The van der Waals surface area contributed by atoms with Crippen LogP contribution in [0.1, 0.15) is 5.69 Å². The summed E-state index contributed by atoms with van der Waals surface area (Å²) in [7, 11) is -0.753. The molecule has 3 aromatic heterocycles. The predicted molar refractivity (Wildman–Crippen MR) is 112 cm³/mol. The van der Waals surface area contributed by atoms with E-state index in [0.717, 1.165) is 4.31 Å². The van der Waals surface area contributed by atoms with Gasteiger partial charge in [0.05, 0.1) is 22.6 Å². The molecule has 0 atom stereocenters. The predicted octanol–water partition coefficient (Wildman–Crippen LogP) is 3.12. The number of hydrogen-bond acceptors (Lipinski definition) is 5. The van der Waals surface area contributed by atoms with Gasteiger partial charge in [0, 0.05) is 56.1 Å². The Labute approximate surface area is 173 Å². The van der Waals surface area contributed by atoms with Crippen molar-refractivity contribution >= 4 is 32.7 Å². The Morgan fingerprint density at radius 3 is 2.69 bits per heavy atom. The molecule has 0 saturated heterocycles. The molecule has 0 aliphatic heterocycles. The molecule has 154 valence electrons. The van der Waals surface area contributed by atoms with Gasteiger partial charge in [0.2, 0.25) is 10.0 Å². The number of pyridine rings is 2. The van der Waals surface area contributed by atoms with E-state index in [1.165, 1.54) is 38.6 Å². The summed E-state index contributed by atoms with van der Waals surface area (Å²) in [6, 6.07) is 3.24. The third kappa shape index (κ3) is 4.04. The molecule has 0 fully saturated rings. The lowest BCUT2D eigenvalue weighted by Gasteiger charge is -2.12.